The van der Waals surface area contributed by atoms with Crippen molar-refractivity contribution in [1.29, 1.82) is 0 Å². The molecule has 0 radical (unpaired) electrons. The first-order valence-electron chi connectivity index (χ1n) is 11.4. The van der Waals surface area contributed by atoms with Gasteiger partial charge in [0, 0.05) is 18.7 Å². The van der Waals surface area contributed by atoms with Crippen molar-refractivity contribution in [2.75, 3.05) is 18.5 Å². The van der Waals surface area contributed by atoms with E-state index in [4.69, 9.17) is 9.73 Å². The molecule has 0 bridgehead atoms. The van der Waals surface area contributed by atoms with Crippen LogP contribution in [-0.2, 0) is 14.3 Å². The van der Waals surface area contributed by atoms with E-state index in [0.29, 0.717) is 11.7 Å². The van der Waals surface area contributed by atoms with Crippen molar-refractivity contribution in [2.24, 2.45) is 4.99 Å². The fourth-order valence-corrected chi connectivity index (χ4v) is 5.55. The number of nitrogens with one attached hydrogen (secondary N) is 1. The van der Waals surface area contributed by atoms with Gasteiger partial charge in [0.1, 0.15) is 5.25 Å². The molecule has 2 amide bonds. The van der Waals surface area contributed by atoms with Crippen molar-refractivity contribution in [3.63, 3.8) is 0 Å². The monoisotopic (exact) mass is 465 g/mol. The summed E-state index contributed by atoms with van der Waals surface area (Å²) in [6.45, 7) is 9.21. The highest BCUT2D eigenvalue weighted by Gasteiger charge is 2.40. The zero-order valence-electron chi connectivity index (χ0n) is 19.7. The number of nitrogens with zero attached hydrogens (tertiary/aromatic N) is 2. The van der Waals surface area contributed by atoms with Crippen LogP contribution in [0.5, 0.6) is 0 Å². The van der Waals surface area contributed by atoms with Gasteiger partial charge in [0.2, 0.25) is 11.8 Å². The summed E-state index contributed by atoms with van der Waals surface area (Å²) in [6, 6.07) is 12.0. The Bertz CT molecular complexity index is 1050. The summed E-state index contributed by atoms with van der Waals surface area (Å²) in [5, 5.41) is 3.15. The lowest BCUT2D eigenvalue weighted by Gasteiger charge is -2.20. The molecule has 2 aromatic rings. The highest BCUT2D eigenvalue weighted by molar-refractivity contribution is 8.15. The van der Waals surface area contributed by atoms with Crippen molar-refractivity contribution in [2.45, 2.75) is 58.3 Å². The van der Waals surface area contributed by atoms with Crippen LogP contribution in [0.4, 0.5) is 11.4 Å². The molecule has 2 aliphatic rings. The van der Waals surface area contributed by atoms with E-state index in [-0.39, 0.29) is 24.3 Å². The van der Waals surface area contributed by atoms with Crippen molar-refractivity contribution in [1.82, 2.24) is 4.90 Å². The number of para-hydroxylation sites is 1. The molecule has 7 heteroatoms. The fraction of sp³-hybridized carbons (Fsp3) is 0.423. The molecular formula is C26H31N3O3S. The minimum absolute atomic E-state index is 0.0150. The minimum atomic E-state index is -0.500. The van der Waals surface area contributed by atoms with Crippen LogP contribution in [0, 0.1) is 27.7 Å². The first kappa shape index (κ1) is 23.5. The van der Waals surface area contributed by atoms with E-state index in [1.54, 1.807) is 4.90 Å². The zero-order chi connectivity index (χ0) is 23.5. The number of thioether (sulfide) groups is 1. The lowest BCUT2D eigenvalue weighted by molar-refractivity contribution is -0.129. The summed E-state index contributed by atoms with van der Waals surface area (Å²) in [6.07, 6.45) is 2.06. The van der Waals surface area contributed by atoms with E-state index in [1.807, 2.05) is 58.0 Å². The maximum atomic E-state index is 13.3. The number of benzene rings is 2. The molecule has 2 heterocycles. The van der Waals surface area contributed by atoms with Crippen LogP contribution in [0.15, 0.2) is 41.4 Å². The third-order valence-corrected chi connectivity index (χ3v) is 7.15. The van der Waals surface area contributed by atoms with Gasteiger partial charge in [-0.15, -0.1) is 0 Å². The third kappa shape index (κ3) is 5.65. The van der Waals surface area contributed by atoms with E-state index >= 15 is 0 Å². The van der Waals surface area contributed by atoms with E-state index in [0.717, 1.165) is 53.1 Å². The van der Waals surface area contributed by atoms with Gasteiger partial charge >= 0.3 is 0 Å². The molecule has 1 N–H and O–H groups in total. The fourth-order valence-electron chi connectivity index (χ4n) is 4.38. The summed E-state index contributed by atoms with van der Waals surface area (Å²) in [4.78, 5) is 32.7. The average Bonchev–Trinajstić information content (AvgIpc) is 3.35. The van der Waals surface area contributed by atoms with Crippen LogP contribution in [0.1, 0.15) is 41.5 Å². The summed E-state index contributed by atoms with van der Waals surface area (Å²) in [5.74, 6) is -0.238. The summed E-state index contributed by atoms with van der Waals surface area (Å²) in [7, 11) is 0. The Balaban J connectivity index is 1.54. The second-order valence-corrected chi connectivity index (χ2v) is 10.1. The van der Waals surface area contributed by atoms with Crippen LogP contribution in [0.25, 0.3) is 0 Å². The van der Waals surface area contributed by atoms with Crippen molar-refractivity contribution in [3.05, 3.63) is 58.7 Å². The molecule has 33 heavy (non-hydrogen) atoms. The van der Waals surface area contributed by atoms with E-state index < -0.39 is 5.25 Å². The lowest BCUT2D eigenvalue weighted by atomic mass is 10.1. The molecule has 0 aromatic heterocycles. The van der Waals surface area contributed by atoms with Crippen molar-refractivity contribution >= 4 is 40.1 Å². The van der Waals surface area contributed by atoms with Gasteiger partial charge in [-0.05, 0) is 74.9 Å². The first-order valence-corrected chi connectivity index (χ1v) is 12.3. The first-order chi connectivity index (χ1) is 15.8. The number of amidine groups is 1. The predicted molar refractivity (Wildman–Crippen MR) is 134 cm³/mol. The number of aryl methyl sites for hydroxylation is 4. The molecule has 0 aliphatic carbocycles. The Hall–Kier alpha value is -2.64. The number of anilines is 1. The highest BCUT2D eigenvalue weighted by Crippen LogP contribution is 2.33. The normalized spacial score (nSPS) is 21.8. The maximum Gasteiger partial charge on any atom is 0.242 e. The topological polar surface area (TPSA) is 71.0 Å². The largest absolute Gasteiger partial charge is 0.376 e. The molecule has 0 spiro atoms. The Morgan fingerprint density at radius 1 is 1.15 bits per heavy atom. The third-order valence-electron chi connectivity index (χ3n) is 5.98. The Morgan fingerprint density at radius 2 is 1.85 bits per heavy atom. The van der Waals surface area contributed by atoms with Crippen LogP contribution >= 0.6 is 11.8 Å². The molecule has 2 unspecified atom stereocenters. The molecule has 2 aliphatic heterocycles. The van der Waals surface area contributed by atoms with Gasteiger partial charge in [-0.25, -0.2) is 4.99 Å². The summed E-state index contributed by atoms with van der Waals surface area (Å²) < 4.78 is 5.78. The standard InChI is InChI=1S/C26H31N3O3S/c1-16-11-17(2)13-20(12-16)27-26-29(15-21-9-6-10-32-21)25(31)22(33-26)14-23(30)28-24-18(3)7-5-8-19(24)4/h5,7-8,11-13,21-22H,6,9-10,14-15H2,1-4H3,(H,28,30). The number of aliphatic imine (C=N–C) groups is 1. The van der Waals surface area contributed by atoms with Gasteiger partial charge < -0.3 is 10.1 Å². The quantitative estimate of drug-likeness (QED) is 0.647. The van der Waals surface area contributed by atoms with Crippen LogP contribution in [-0.4, -0.2) is 46.4 Å². The molecule has 6 nitrogen and oxygen atoms in total. The summed E-state index contributed by atoms with van der Waals surface area (Å²) in [5.41, 5.74) is 5.90. The molecular weight excluding hydrogens is 434 g/mol. The molecule has 2 aromatic carbocycles. The van der Waals surface area contributed by atoms with Gasteiger partial charge in [-0.3, -0.25) is 14.5 Å². The second kappa shape index (κ2) is 10.1. The number of amides is 2. The Kier molecular flexibility index (Phi) is 7.20. The minimum Gasteiger partial charge on any atom is -0.376 e. The van der Waals surface area contributed by atoms with Crippen LogP contribution in [0.2, 0.25) is 0 Å². The van der Waals surface area contributed by atoms with Gasteiger partial charge in [0.05, 0.1) is 18.3 Å². The number of carbonyl (C=O) groups excluding carboxylic acids is 2. The van der Waals surface area contributed by atoms with E-state index in [1.165, 1.54) is 11.8 Å². The number of ether oxygens (including phenoxy) is 1. The van der Waals surface area contributed by atoms with Gasteiger partial charge in [-0.1, -0.05) is 36.0 Å². The number of hydrogen-bond acceptors (Lipinski definition) is 5. The molecule has 2 fully saturated rings. The number of hydrogen-bond donors (Lipinski definition) is 1. The van der Waals surface area contributed by atoms with Crippen LogP contribution < -0.4 is 5.32 Å². The average molecular weight is 466 g/mol. The SMILES string of the molecule is Cc1cc(C)cc(N=C2SC(CC(=O)Nc3c(C)cccc3C)C(=O)N2CC2CCCO2)c1. The Morgan fingerprint density at radius 3 is 2.48 bits per heavy atom. The number of carbonyl (C=O) groups is 2. The number of rotatable bonds is 6. The van der Waals surface area contributed by atoms with Crippen molar-refractivity contribution < 1.29 is 14.3 Å². The summed E-state index contributed by atoms with van der Waals surface area (Å²) >= 11 is 1.37. The molecule has 4 rings (SSSR count). The van der Waals surface area contributed by atoms with Gasteiger partial charge in [0.15, 0.2) is 5.17 Å². The van der Waals surface area contributed by atoms with Gasteiger partial charge in [-0.2, -0.15) is 0 Å². The van der Waals surface area contributed by atoms with Crippen LogP contribution in [0.3, 0.4) is 0 Å². The van der Waals surface area contributed by atoms with E-state index in [2.05, 4.69) is 11.4 Å². The molecule has 2 saturated heterocycles. The maximum absolute atomic E-state index is 13.3. The highest BCUT2D eigenvalue weighted by atomic mass is 32.2. The molecule has 0 saturated carbocycles. The predicted octanol–water partition coefficient (Wildman–Crippen LogP) is 5.06. The Labute approximate surface area is 199 Å². The lowest BCUT2D eigenvalue weighted by Crippen LogP contribution is -2.38. The van der Waals surface area contributed by atoms with E-state index in [9.17, 15) is 9.59 Å². The zero-order valence-corrected chi connectivity index (χ0v) is 20.5. The van der Waals surface area contributed by atoms with Crippen molar-refractivity contribution in [3.8, 4) is 0 Å². The van der Waals surface area contributed by atoms with Gasteiger partial charge in [0.25, 0.3) is 0 Å². The molecule has 174 valence electrons. The second-order valence-electron chi connectivity index (χ2n) is 8.95. The smallest absolute Gasteiger partial charge is 0.242 e. The molecule has 2 atom stereocenters.